The summed E-state index contributed by atoms with van der Waals surface area (Å²) < 4.78 is 0. The van der Waals surface area contributed by atoms with Crippen LogP contribution in [-0.4, -0.2) is 28.7 Å². The first-order chi connectivity index (χ1) is 10.2. The minimum absolute atomic E-state index is 0.0230. The van der Waals surface area contributed by atoms with E-state index in [0.717, 1.165) is 24.9 Å². The number of rotatable bonds is 1. The summed E-state index contributed by atoms with van der Waals surface area (Å²) >= 11 is 0. The maximum absolute atomic E-state index is 10.4. The van der Waals surface area contributed by atoms with Crippen molar-refractivity contribution in [1.29, 1.82) is 0 Å². The molecule has 0 fully saturated rings. The molecule has 4 rings (SSSR count). The van der Waals surface area contributed by atoms with Crippen molar-refractivity contribution in [3.63, 3.8) is 0 Å². The molecule has 1 aliphatic carbocycles. The number of phenolic OH excluding ortho intramolecular Hbond substituents is 2. The minimum atomic E-state index is 0.0230. The monoisotopic (exact) mass is 281 g/mol. The number of nitrogens with zero attached hydrogens (tertiary/aromatic N) is 1. The molecule has 2 unspecified atom stereocenters. The van der Waals surface area contributed by atoms with Gasteiger partial charge in [-0.15, -0.1) is 0 Å². The van der Waals surface area contributed by atoms with Crippen LogP contribution >= 0.6 is 0 Å². The maximum atomic E-state index is 10.4. The Morgan fingerprint density at radius 2 is 1.86 bits per heavy atom. The van der Waals surface area contributed by atoms with E-state index in [1.54, 1.807) is 6.07 Å². The zero-order valence-corrected chi connectivity index (χ0v) is 12.1. The molecule has 0 amide bonds. The van der Waals surface area contributed by atoms with Gasteiger partial charge in [0.1, 0.15) is 0 Å². The lowest BCUT2D eigenvalue weighted by Gasteiger charge is -2.32. The van der Waals surface area contributed by atoms with Crippen LogP contribution in [0.2, 0.25) is 0 Å². The minimum Gasteiger partial charge on any atom is -0.504 e. The fraction of sp³-hybridized carbons (Fsp3) is 0.333. The van der Waals surface area contributed by atoms with Gasteiger partial charge >= 0.3 is 0 Å². The second kappa shape index (κ2) is 4.50. The standard InChI is InChI=1S/C18H19NO2/c1-19-8-7-12-9-15(20)18(21)17-13(10-14(19)16(12)17)11-5-3-2-4-6-11/h2-6,9,13-14,20-21H,7-8,10H2,1H3. The second-order valence-electron chi connectivity index (χ2n) is 6.18. The van der Waals surface area contributed by atoms with Crippen LogP contribution < -0.4 is 0 Å². The Morgan fingerprint density at radius 1 is 1.10 bits per heavy atom. The van der Waals surface area contributed by atoms with Crippen molar-refractivity contribution >= 4 is 0 Å². The molecule has 3 heteroatoms. The molecule has 2 aliphatic rings. The molecule has 0 aromatic heterocycles. The van der Waals surface area contributed by atoms with Gasteiger partial charge in [-0.05, 0) is 42.6 Å². The predicted molar refractivity (Wildman–Crippen MR) is 81.7 cm³/mol. The highest BCUT2D eigenvalue weighted by atomic mass is 16.3. The van der Waals surface area contributed by atoms with Crippen molar-refractivity contribution in [3.05, 3.63) is 58.7 Å². The third-order valence-corrected chi connectivity index (χ3v) is 5.05. The normalized spacial score (nSPS) is 24.0. The van der Waals surface area contributed by atoms with Crippen molar-refractivity contribution in [2.75, 3.05) is 13.6 Å². The zero-order chi connectivity index (χ0) is 14.6. The van der Waals surface area contributed by atoms with Gasteiger partial charge in [0.15, 0.2) is 11.5 Å². The quantitative estimate of drug-likeness (QED) is 0.789. The molecule has 0 bridgehead atoms. The van der Waals surface area contributed by atoms with Gasteiger partial charge < -0.3 is 10.2 Å². The average Bonchev–Trinajstić information content (AvgIpc) is 2.91. The Labute approximate surface area is 124 Å². The molecule has 2 aromatic carbocycles. The van der Waals surface area contributed by atoms with Crippen LogP contribution in [0.1, 0.15) is 40.6 Å². The molecule has 0 saturated carbocycles. The summed E-state index contributed by atoms with van der Waals surface area (Å²) in [4.78, 5) is 2.37. The Hall–Kier alpha value is -2.00. The van der Waals surface area contributed by atoms with Gasteiger partial charge in [-0.3, -0.25) is 4.90 Å². The largest absolute Gasteiger partial charge is 0.504 e. The first-order valence-corrected chi connectivity index (χ1v) is 7.49. The highest BCUT2D eigenvalue weighted by Gasteiger charge is 2.40. The van der Waals surface area contributed by atoms with E-state index in [0.29, 0.717) is 6.04 Å². The van der Waals surface area contributed by atoms with Crippen LogP contribution in [0.5, 0.6) is 11.5 Å². The van der Waals surface area contributed by atoms with Crippen molar-refractivity contribution in [3.8, 4) is 11.5 Å². The summed E-state index contributed by atoms with van der Waals surface area (Å²) in [5.41, 5.74) is 4.59. The van der Waals surface area contributed by atoms with Crippen LogP contribution in [0, 0.1) is 0 Å². The van der Waals surface area contributed by atoms with Gasteiger partial charge in [0.05, 0.1) is 0 Å². The molecule has 3 nitrogen and oxygen atoms in total. The Morgan fingerprint density at radius 3 is 2.62 bits per heavy atom. The summed E-state index contributed by atoms with van der Waals surface area (Å²) in [6, 6.07) is 12.4. The summed E-state index contributed by atoms with van der Waals surface area (Å²) in [6.07, 6.45) is 1.91. The average molecular weight is 281 g/mol. The molecule has 0 spiro atoms. The molecular formula is C18H19NO2. The zero-order valence-electron chi connectivity index (χ0n) is 12.1. The number of likely N-dealkylation sites (N-methyl/N-ethyl adjacent to an activating group) is 1. The highest BCUT2D eigenvalue weighted by Crippen LogP contribution is 2.54. The molecule has 2 N–H and O–H groups in total. The molecular weight excluding hydrogens is 262 g/mol. The van der Waals surface area contributed by atoms with E-state index >= 15 is 0 Å². The van der Waals surface area contributed by atoms with E-state index in [4.69, 9.17) is 0 Å². The van der Waals surface area contributed by atoms with E-state index in [9.17, 15) is 10.2 Å². The Bertz CT molecular complexity index is 696. The fourth-order valence-electron chi connectivity index (χ4n) is 4.00. The van der Waals surface area contributed by atoms with Crippen LogP contribution in [0.3, 0.4) is 0 Å². The van der Waals surface area contributed by atoms with Gasteiger partial charge in [0.2, 0.25) is 0 Å². The third kappa shape index (κ3) is 1.77. The molecule has 1 heterocycles. The third-order valence-electron chi connectivity index (χ3n) is 5.05. The van der Waals surface area contributed by atoms with Crippen molar-refractivity contribution in [2.45, 2.75) is 24.8 Å². The van der Waals surface area contributed by atoms with Crippen LogP contribution in [0.15, 0.2) is 36.4 Å². The van der Waals surface area contributed by atoms with Gasteiger partial charge in [0.25, 0.3) is 0 Å². The molecule has 2 atom stereocenters. The second-order valence-corrected chi connectivity index (χ2v) is 6.18. The number of hydrogen-bond acceptors (Lipinski definition) is 3. The number of hydrogen-bond donors (Lipinski definition) is 2. The Balaban J connectivity index is 1.94. The van der Waals surface area contributed by atoms with Crippen molar-refractivity contribution < 1.29 is 10.2 Å². The van der Waals surface area contributed by atoms with Crippen LogP contribution in [-0.2, 0) is 6.42 Å². The number of benzene rings is 2. The van der Waals surface area contributed by atoms with E-state index in [1.165, 1.54) is 16.7 Å². The predicted octanol–water partition coefficient (Wildman–Crippen LogP) is 3.16. The van der Waals surface area contributed by atoms with Gasteiger partial charge in [-0.1, -0.05) is 30.3 Å². The molecule has 21 heavy (non-hydrogen) atoms. The van der Waals surface area contributed by atoms with Crippen molar-refractivity contribution in [2.24, 2.45) is 0 Å². The van der Waals surface area contributed by atoms with Crippen LogP contribution in [0.4, 0.5) is 0 Å². The van der Waals surface area contributed by atoms with E-state index in [-0.39, 0.29) is 17.4 Å². The maximum Gasteiger partial charge on any atom is 0.161 e. The summed E-state index contributed by atoms with van der Waals surface area (Å²) in [6.45, 7) is 1.00. The van der Waals surface area contributed by atoms with Gasteiger partial charge in [0, 0.05) is 24.1 Å². The smallest absolute Gasteiger partial charge is 0.161 e. The fourth-order valence-corrected chi connectivity index (χ4v) is 4.00. The topological polar surface area (TPSA) is 43.7 Å². The first kappa shape index (κ1) is 12.7. The molecule has 1 aliphatic heterocycles. The van der Waals surface area contributed by atoms with Gasteiger partial charge in [-0.25, -0.2) is 0 Å². The SMILES string of the molecule is CN1CCc2cc(O)c(O)c3c2C1CC3c1ccccc1. The summed E-state index contributed by atoms with van der Waals surface area (Å²) in [5.74, 6) is 0.257. The van der Waals surface area contributed by atoms with Crippen LogP contribution in [0.25, 0.3) is 0 Å². The first-order valence-electron chi connectivity index (χ1n) is 7.49. The summed E-state index contributed by atoms with van der Waals surface area (Å²) in [5, 5.41) is 20.5. The molecule has 0 radical (unpaired) electrons. The van der Waals surface area contributed by atoms with E-state index in [1.807, 2.05) is 18.2 Å². The molecule has 2 aromatic rings. The molecule has 0 saturated heterocycles. The summed E-state index contributed by atoms with van der Waals surface area (Å²) in [7, 11) is 2.15. The lowest BCUT2D eigenvalue weighted by atomic mass is 9.90. The lowest BCUT2D eigenvalue weighted by Crippen LogP contribution is -2.30. The lowest BCUT2D eigenvalue weighted by molar-refractivity contribution is 0.228. The van der Waals surface area contributed by atoms with E-state index < -0.39 is 0 Å². The van der Waals surface area contributed by atoms with Gasteiger partial charge in [-0.2, -0.15) is 0 Å². The Kier molecular flexibility index (Phi) is 2.73. The molecule has 108 valence electrons. The van der Waals surface area contributed by atoms with E-state index in [2.05, 4.69) is 24.1 Å². The highest BCUT2D eigenvalue weighted by molar-refractivity contribution is 5.61. The number of aromatic hydroxyl groups is 2. The number of phenols is 2. The van der Waals surface area contributed by atoms with Crippen molar-refractivity contribution in [1.82, 2.24) is 4.90 Å².